The molecule has 0 fully saturated rings. The normalized spacial score (nSPS) is 11.8. The van der Waals surface area contributed by atoms with Gasteiger partial charge in [0.05, 0.1) is 22.3 Å². The van der Waals surface area contributed by atoms with Gasteiger partial charge < -0.3 is 5.32 Å². The molecule has 148 valence electrons. The molecule has 3 rings (SSSR count). The summed E-state index contributed by atoms with van der Waals surface area (Å²) in [7, 11) is 1.33. The number of fused-ring (bicyclic) bond motifs is 1. The number of hydrogen-bond donors (Lipinski definition) is 1. The number of alkyl halides is 3. The number of amides is 1. The van der Waals surface area contributed by atoms with Crippen LogP contribution in [-0.2, 0) is 24.6 Å². The standard InChI is InChI=1S/C17H13F5N4O2/c1-8-15-10(17(20,21)22)6-14(28)26(16(15)25(2)24-8)7-13(27)23-12-5-9(18)3-4-11(12)19/h3-6H,7H2,1-2H3,(H,23,27). The molecule has 0 aliphatic carbocycles. The van der Waals surface area contributed by atoms with Crippen LogP contribution in [0.2, 0.25) is 0 Å². The lowest BCUT2D eigenvalue weighted by Gasteiger charge is -2.14. The second-order valence-corrected chi connectivity index (χ2v) is 6.06. The van der Waals surface area contributed by atoms with Crippen molar-refractivity contribution in [1.29, 1.82) is 0 Å². The molecular weight excluding hydrogens is 387 g/mol. The van der Waals surface area contributed by atoms with Gasteiger partial charge in [-0.25, -0.2) is 8.78 Å². The quantitative estimate of drug-likeness (QED) is 0.688. The van der Waals surface area contributed by atoms with Crippen molar-refractivity contribution in [3.05, 3.63) is 57.5 Å². The van der Waals surface area contributed by atoms with Gasteiger partial charge >= 0.3 is 6.18 Å². The van der Waals surface area contributed by atoms with Crippen LogP contribution >= 0.6 is 0 Å². The van der Waals surface area contributed by atoms with Crippen molar-refractivity contribution in [3.63, 3.8) is 0 Å². The summed E-state index contributed by atoms with van der Waals surface area (Å²) in [4.78, 5) is 24.5. The molecule has 0 radical (unpaired) electrons. The molecule has 28 heavy (non-hydrogen) atoms. The number of rotatable bonds is 3. The van der Waals surface area contributed by atoms with Crippen LogP contribution in [0.4, 0.5) is 27.6 Å². The van der Waals surface area contributed by atoms with Crippen molar-refractivity contribution < 1.29 is 26.7 Å². The van der Waals surface area contributed by atoms with Gasteiger partial charge in [0.25, 0.3) is 5.56 Å². The van der Waals surface area contributed by atoms with E-state index in [1.807, 2.05) is 0 Å². The average molecular weight is 400 g/mol. The zero-order valence-corrected chi connectivity index (χ0v) is 14.6. The minimum atomic E-state index is -4.79. The third kappa shape index (κ3) is 3.47. The van der Waals surface area contributed by atoms with Crippen molar-refractivity contribution >= 4 is 22.6 Å². The second kappa shape index (κ2) is 6.73. The fourth-order valence-corrected chi connectivity index (χ4v) is 2.95. The lowest BCUT2D eigenvalue weighted by atomic mass is 10.1. The Morgan fingerprint density at radius 2 is 1.89 bits per heavy atom. The van der Waals surface area contributed by atoms with Gasteiger partial charge in [0.15, 0.2) is 0 Å². The van der Waals surface area contributed by atoms with Gasteiger partial charge in [-0.15, -0.1) is 0 Å². The Bertz CT molecular complexity index is 1150. The first-order valence-corrected chi connectivity index (χ1v) is 7.88. The van der Waals surface area contributed by atoms with E-state index in [0.717, 1.165) is 27.4 Å². The first-order valence-electron chi connectivity index (χ1n) is 7.88. The third-order valence-electron chi connectivity index (χ3n) is 4.06. The molecule has 3 aromatic rings. The molecule has 1 N–H and O–H groups in total. The van der Waals surface area contributed by atoms with E-state index < -0.39 is 47.1 Å². The van der Waals surface area contributed by atoms with Gasteiger partial charge in [-0.1, -0.05) is 0 Å². The van der Waals surface area contributed by atoms with Gasteiger partial charge in [-0.05, 0) is 19.1 Å². The highest BCUT2D eigenvalue weighted by Crippen LogP contribution is 2.35. The van der Waals surface area contributed by atoms with Gasteiger partial charge in [-0.2, -0.15) is 18.3 Å². The number of nitrogens with one attached hydrogen (secondary N) is 1. The van der Waals surface area contributed by atoms with E-state index in [1.54, 1.807) is 0 Å². The molecule has 0 saturated carbocycles. The van der Waals surface area contributed by atoms with Crippen molar-refractivity contribution in [2.45, 2.75) is 19.6 Å². The smallest absolute Gasteiger partial charge is 0.322 e. The van der Waals surface area contributed by atoms with E-state index in [1.165, 1.54) is 14.0 Å². The van der Waals surface area contributed by atoms with Crippen LogP contribution in [0.1, 0.15) is 11.3 Å². The van der Waals surface area contributed by atoms with E-state index >= 15 is 0 Å². The molecular formula is C17H13F5N4O2. The predicted molar refractivity (Wildman–Crippen MR) is 89.7 cm³/mol. The van der Waals surface area contributed by atoms with Crippen LogP contribution < -0.4 is 10.9 Å². The molecule has 6 nitrogen and oxygen atoms in total. The summed E-state index contributed by atoms with van der Waals surface area (Å²) in [5.41, 5.74) is -2.90. The lowest BCUT2D eigenvalue weighted by molar-refractivity contribution is -0.136. The summed E-state index contributed by atoms with van der Waals surface area (Å²) < 4.78 is 68.7. The Hall–Kier alpha value is -3.24. The van der Waals surface area contributed by atoms with E-state index in [0.29, 0.717) is 6.07 Å². The number of nitrogens with zero attached hydrogens (tertiary/aromatic N) is 3. The molecule has 0 aliphatic rings. The number of hydrogen-bond acceptors (Lipinski definition) is 3. The number of halogens is 5. The average Bonchev–Trinajstić information content (AvgIpc) is 2.87. The van der Waals surface area contributed by atoms with E-state index in [2.05, 4.69) is 10.4 Å². The molecule has 2 heterocycles. The fourth-order valence-electron chi connectivity index (χ4n) is 2.95. The first-order chi connectivity index (χ1) is 13.0. The number of benzene rings is 1. The number of anilines is 1. The van der Waals surface area contributed by atoms with Crippen LogP contribution in [-0.4, -0.2) is 20.3 Å². The minimum absolute atomic E-state index is 0.0233. The van der Waals surface area contributed by atoms with Crippen LogP contribution in [0.25, 0.3) is 11.0 Å². The van der Waals surface area contributed by atoms with Crippen LogP contribution in [0, 0.1) is 18.6 Å². The molecule has 0 atom stereocenters. The Kier molecular flexibility index (Phi) is 4.69. The van der Waals surface area contributed by atoms with Gasteiger partial charge in [-0.3, -0.25) is 18.8 Å². The van der Waals surface area contributed by atoms with Crippen molar-refractivity contribution in [2.24, 2.45) is 7.05 Å². The molecule has 0 bridgehead atoms. The molecule has 0 aliphatic heterocycles. The topological polar surface area (TPSA) is 68.9 Å². The van der Waals surface area contributed by atoms with Gasteiger partial charge in [0.2, 0.25) is 5.91 Å². The Morgan fingerprint density at radius 1 is 1.21 bits per heavy atom. The van der Waals surface area contributed by atoms with E-state index in [4.69, 9.17) is 0 Å². The molecule has 1 amide bonds. The third-order valence-corrected chi connectivity index (χ3v) is 4.06. The van der Waals surface area contributed by atoms with Crippen LogP contribution in [0.3, 0.4) is 0 Å². The highest BCUT2D eigenvalue weighted by atomic mass is 19.4. The van der Waals surface area contributed by atoms with E-state index in [-0.39, 0.29) is 16.7 Å². The van der Waals surface area contributed by atoms with Gasteiger partial charge in [0, 0.05) is 19.2 Å². The number of aryl methyl sites for hydroxylation is 2. The van der Waals surface area contributed by atoms with Crippen molar-refractivity contribution in [3.8, 4) is 0 Å². The summed E-state index contributed by atoms with van der Waals surface area (Å²) in [6, 6.07) is 2.78. The molecule has 0 spiro atoms. The zero-order valence-electron chi connectivity index (χ0n) is 14.6. The van der Waals surface area contributed by atoms with Crippen LogP contribution in [0.5, 0.6) is 0 Å². The van der Waals surface area contributed by atoms with Crippen molar-refractivity contribution in [2.75, 3.05) is 5.32 Å². The molecule has 0 unspecified atom stereocenters. The maximum absolute atomic E-state index is 13.7. The Labute approximate surface area is 154 Å². The second-order valence-electron chi connectivity index (χ2n) is 6.06. The summed E-state index contributed by atoms with van der Waals surface area (Å²) in [6.45, 7) is 0.622. The fraction of sp³-hybridized carbons (Fsp3) is 0.235. The van der Waals surface area contributed by atoms with E-state index in [9.17, 15) is 31.5 Å². The predicted octanol–water partition coefficient (Wildman–Crippen LogP) is 2.98. The summed E-state index contributed by atoms with van der Waals surface area (Å²) in [6.07, 6.45) is -4.79. The summed E-state index contributed by atoms with van der Waals surface area (Å²) in [5, 5.41) is 5.68. The molecule has 0 saturated heterocycles. The summed E-state index contributed by atoms with van der Waals surface area (Å²) in [5.74, 6) is -2.63. The lowest BCUT2D eigenvalue weighted by Crippen LogP contribution is -2.30. The number of carbonyl (C=O) groups excluding carboxylic acids is 1. The van der Waals surface area contributed by atoms with Gasteiger partial charge in [0.1, 0.15) is 23.8 Å². The Morgan fingerprint density at radius 3 is 2.54 bits per heavy atom. The molecule has 2 aromatic heterocycles. The minimum Gasteiger partial charge on any atom is -0.322 e. The highest BCUT2D eigenvalue weighted by molar-refractivity contribution is 5.92. The molecule has 11 heteroatoms. The maximum atomic E-state index is 13.7. The number of carbonyl (C=O) groups is 1. The highest BCUT2D eigenvalue weighted by Gasteiger charge is 2.36. The largest absolute Gasteiger partial charge is 0.417 e. The number of aromatic nitrogens is 3. The first kappa shape index (κ1) is 19.5. The maximum Gasteiger partial charge on any atom is 0.417 e. The van der Waals surface area contributed by atoms with Crippen molar-refractivity contribution in [1.82, 2.24) is 14.3 Å². The van der Waals surface area contributed by atoms with Crippen LogP contribution in [0.15, 0.2) is 29.1 Å². The number of pyridine rings is 1. The Balaban J connectivity index is 2.07. The SMILES string of the molecule is Cc1nn(C)c2c1c(C(F)(F)F)cc(=O)n2CC(=O)Nc1cc(F)ccc1F. The zero-order chi connectivity index (χ0) is 20.8. The molecule has 1 aromatic carbocycles. The monoisotopic (exact) mass is 400 g/mol. The summed E-state index contributed by atoms with van der Waals surface area (Å²) >= 11 is 0.